The van der Waals surface area contributed by atoms with Gasteiger partial charge in [0.1, 0.15) is 5.69 Å². The number of hydrogen-bond acceptors (Lipinski definition) is 4. The summed E-state index contributed by atoms with van der Waals surface area (Å²) in [5, 5.41) is 3.71. The Balaban J connectivity index is 1.46. The van der Waals surface area contributed by atoms with Crippen molar-refractivity contribution in [1.29, 1.82) is 0 Å². The lowest BCUT2D eigenvalue weighted by Crippen LogP contribution is -2.27. The van der Waals surface area contributed by atoms with Crippen molar-refractivity contribution in [1.82, 2.24) is 19.9 Å². The minimum atomic E-state index is -3.81. The average Bonchev–Trinajstić information content (AvgIpc) is 3.56. The molecule has 8 nitrogen and oxygen atoms in total. The zero-order chi connectivity index (χ0) is 27.6. The van der Waals surface area contributed by atoms with Crippen LogP contribution in [-0.4, -0.2) is 35.4 Å². The van der Waals surface area contributed by atoms with E-state index in [4.69, 9.17) is 0 Å². The molecule has 0 fully saturated rings. The van der Waals surface area contributed by atoms with Crippen molar-refractivity contribution in [3.8, 4) is 11.1 Å². The zero-order valence-corrected chi connectivity index (χ0v) is 22.9. The fourth-order valence-electron chi connectivity index (χ4n) is 4.48. The fraction of sp³-hybridized carbons (Fsp3) is 0.200. The van der Waals surface area contributed by atoms with Gasteiger partial charge in [0.15, 0.2) is 0 Å². The highest BCUT2D eigenvalue weighted by molar-refractivity contribution is 7.92. The number of anilines is 1. The lowest BCUT2D eigenvalue weighted by Gasteiger charge is -2.19. The molecule has 0 saturated carbocycles. The molecule has 0 radical (unpaired) electrons. The van der Waals surface area contributed by atoms with Gasteiger partial charge in [-0.05, 0) is 46.9 Å². The molecule has 0 aliphatic heterocycles. The number of rotatable bonds is 8. The SMILES string of the molecule is CC(C)(C)c1ccc(S(=O)(=O)Nc2ccc3[nH]c(C(=O)NCCn4ccnc4)c(-c4ccccc4)c3c2)cc1. The van der Waals surface area contributed by atoms with E-state index in [-0.39, 0.29) is 16.2 Å². The third-order valence-electron chi connectivity index (χ3n) is 6.59. The molecule has 2 aromatic heterocycles. The van der Waals surface area contributed by atoms with Gasteiger partial charge in [0, 0.05) is 47.6 Å². The molecule has 0 bridgehead atoms. The second-order valence-corrected chi connectivity index (χ2v) is 12.1. The smallest absolute Gasteiger partial charge is 0.268 e. The lowest BCUT2D eigenvalue weighted by atomic mass is 9.87. The summed E-state index contributed by atoms with van der Waals surface area (Å²) < 4.78 is 31.0. The number of fused-ring (bicyclic) bond motifs is 1. The summed E-state index contributed by atoms with van der Waals surface area (Å²) in [6.45, 7) is 7.27. The van der Waals surface area contributed by atoms with Crippen LogP contribution < -0.4 is 10.0 Å². The van der Waals surface area contributed by atoms with E-state index in [0.717, 1.165) is 22.0 Å². The monoisotopic (exact) mass is 541 g/mol. The molecule has 2 heterocycles. The Bertz CT molecular complexity index is 1700. The van der Waals surface area contributed by atoms with Crippen molar-refractivity contribution in [2.24, 2.45) is 0 Å². The van der Waals surface area contributed by atoms with Gasteiger partial charge in [-0.15, -0.1) is 0 Å². The molecule has 39 heavy (non-hydrogen) atoms. The van der Waals surface area contributed by atoms with E-state index in [9.17, 15) is 13.2 Å². The first kappa shape index (κ1) is 26.2. The first-order valence-corrected chi connectivity index (χ1v) is 14.2. The molecule has 0 aliphatic rings. The predicted molar refractivity (Wildman–Crippen MR) is 154 cm³/mol. The van der Waals surface area contributed by atoms with Crippen LogP contribution in [0.2, 0.25) is 0 Å². The van der Waals surface area contributed by atoms with E-state index in [0.29, 0.717) is 30.0 Å². The largest absolute Gasteiger partial charge is 0.350 e. The number of amides is 1. The Labute approximate surface area is 228 Å². The summed E-state index contributed by atoms with van der Waals surface area (Å²) in [6.07, 6.45) is 5.23. The summed E-state index contributed by atoms with van der Waals surface area (Å²) in [7, 11) is -3.81. The van der Waals surface area contributed by atoms with Crippen LogP contribution in [0.4, 0.5) is 5.69 Å². The molecule has 3 aromatic carbocycles. The second-order valence-electron chi connectivity index (χ2n) is 10.4. The molecular formula is C30H31N5O3S. The highest BCUT2D eigenvalue weighted by atomic mass is 32.2. The summed E-state index contributed by atoms with van der Waals surface area (Å²) in [5.74, 6) is -0.244. The number of benzene rings is 3. The number of carbonyl (C=O) groups is 1. The number of nitrogens with zero attached hydrogens (tertiary/aromatic N) is 2. The summed E-state index contributed by atoms with van der Waals surface area (Å²) in [5.41, 5.74) is 4.09. The Hall–Kier alpha value is -4.37. The summed E-state index contributed by atoms with van der Waals surface area (Å²) >= 11 is 0. The second kappa shape index (κ2) is 10.4. The topological polar surface area (TPSA) is 109 Å². The maximum atomic E-state index is 13.3. The summed E-state index contributed by atoms with van der Waals surface area (Å²) in [6, 6.07) is 21.7. The first-order chi connectivity index (χ1) is 18.6. The molecular weight excluding hydrogens is 510 g/mol. The molecule has 5 aromatic rings. The number of carbonyl (C=O) groups excluding carboxylic acids is 1. The molecule has 1 amide bonds. The minimum absolute atomic E-state index is 0.0770. The molecule has 5 rings (SSSR count). The number of aromatic nitrogens is 3. The van der Waals surface area contributed by atoms with Crippen molar-refractivity contribution in [2.75, 3.05) is 11.3 Å². The normalized spacial score (nSPS) is 12.0. The molecule has 0 aliphatic carbocycles. The highest BCUT2D eigenvalue weighted by Crippen LogP contribution is 2.35. The maximum Gasteiger partial charge on any atom is 0.268 e. The third-order valence-corrected chi connectivity index (χ3v) is 7.98. The molecule has 0 atom stereocenters. The number of hydrogen-bond donors (Lipinski definition) is 3. The van der Waals surface area contributed by atoms with Crippen LogP contribution in [0.25, 0.3) is 22.0 Å². The van der Waals surface area contributed by atoms with Gasteiger partial charge in [0.25, 0.3) is 15.9 Å². The quantitative estimate of drug-likeness (QED) is 0.239. The van der Waals surface area contributed by atoms with Crippen LogP contribution in [0.5, 0.6) is 0 Å². The van der Waals surface area contributed by atoms with E-state index in [1.54, 1.807) is 42.9 Å². The van der Waals surface area contributed by atoms with Gasteiger partial charge in [0.05, 0.1) is 11.2 Å². The Morgan fingerprint density at radius 2 is 1.74 bits per heavy atom. The standard InChI is InChI=1S/C30H31N5O3S/c1-30(2,3)22-9-12-24(13-10-22)39(37,38)34-23-11-14-26-25(19-23)27(21-7-5-4-6-8-21)28(33-26)29(36)32-16-18-35-17-15-31-20-35/h4-15,17,19-20,33-34H,16,18H2,1-3H3,(H,32,36). The molecule has 0 spiro atoms. The van der Waals surface area contributed by atoms with Crippen LogP contribution in [0.1, 0.15) is 36.8 Å². The molecule has 9 heteroatoms. The van der Waals surface area contributed by atoms with Gasteiger partial charge >= 0.3 is 0 Å². The Kier molecular flexibility index (Phi) is 7.01. The Morgan fingerprint density at radius 1 is 1.00 bits per heavy atom. The van der Waals surface area contributed by atoms with Gasteiger partial charge in [-0.1, -0.05) is 63.2 Å². The van der Waals surface area contributed by atoms with Crippen molar-refractivity contribution >= 4 is 32.5 Å². The van der Waals surface area contributed by atoms with Crippen LogP contribution in [0.15, 0.2) is 96.4 Å². The van der Waals surface area contributed by atoms with Gasteiger partial charge in [0.2, 0.25) is 0 Å². The molecule has 0 saturated heterocycles. The van der Waals surface area contributed by atoms with E-state index in [2.05, 4.69) is 40.8 Å². The van der Waals surface area contributed by atoms with Gasteiger partial charge in [-0.2, -0.15) is 0 Å². The summed E-state index contributed by atoms with van der Waals surface area (Å²) in [4.78, 5) is 20.7. The van der Waals surface area contributed by atoms with Crippen LogP contribution >= 0.6 is 0 Å². The fourth-order valence-corrected chi connectivity index (χ4v) is 5.53. The number of nitrogens with one attached hydrogen (secondary N) is 3. The average molecular weight is 542 g/mol. The van der Waals surface area contributed by atoms with Crippen molar-refractivity contribution in [3.05, 3.63) is 103 Å². The first-order valence-electron chi connectivity index (χ1n) is 12.7. The van der Waals surface area contributed by atoms with E-state index >= 15 is 0 Å². The van der Waals surface area contributed by atoms with Crippen molar-refractivity contribution in [2.45, 2.75) is 37.6 Å². The van der Waals surface area contributed by atoms with Crippen LogP contribution in [0, 0.1) is 0 Å². The van der Waals surface area contributed by atoms with Crippen molar-refractivity contribution in [3.63, 3.8) is 0 Å². The molecule has 200 valence electrons. The zero-order valence-electron chi connectivity index (χ0n) is 22.1. The predicted octanol–water partition coefficient (Wildman–Crippen LogP) is 5.56. The van der Waals surface area contributed by atoms with Crippen molar-refractivity contribution < 1.29 is 13.2 Å². The van der Waals surface area contributed by atoms with E-state index in [1.165, 1.54) is 0 Å². The number of sulfonamides is 1. The van der Waals surface area contributed by atoms with E-state index in [1.807, 2.05) is 53.2 Å². The van der Waals surface area contributed by atoms with Crippen LogP contribution in [0.3, 0.4) is 0 Å². The molecule has 0 unspecified atom stereocenters. The maximum absolute atomic E-state index is 13.3. The number of H-pyrrole nitrogens is 1. The third kappa shape index (κ3) is 5.73. The van der Waals surface area contributed by atoms with Gasteiger partial charge in [-0.3, -0.25) is 9.52 Å². The number of aromatic amines is 1. The number of imidazole rings is 1. The lowest BCUT2D eigenvalue weighted by molar-refractivity contribution is 0.0949. The van der Waals surface area contributed by atoms with Gasteiger partial charge < -0.3 is 14.9 Å². The van der Waals surface area contributed by atoms with Crippen LogP contribution in [-0.2, 0) is 22.0 Å². The molecule has 3 N–H and O–H groups in total. The Morgan fingerprint density at radius 3 is 2.41 bits per heavy atom. The highest BCUT2D eigenvalue weighted by Gasteiger charge is 2.21. The minimum Gasteiger partial charge on any atom is -0.350 e. The van der Waals surface area contributed by atoms with Gasteiger partial charge in [-0.25, -0.2) is 13.4 Å². The van der Waals surface area contributed by atoms with E-state index < -0.39 is 10.0 Å².